The summed E-state index contributed by atoms with van der Waals surface area (Å²) in [7, 11) is 0. The number of rotatable bonds is 3. The van der Waals surface area contributed by atoms with Gasteiger partial charge < -0.3 is 10.2 Å². The van der Waals surface area contributed by atoms with Crippen molar-refractivity contribution in [2.45, 2.75) is 19.3 Å². The van der Waals surface area contributed by atoms with Crippen LogP contribution in [0.4, 0.5) is 20.4 Å². The number of nitrogens with one attached hydrogen (secondary N) is 1. The summed E-state index contributed by atoms with van der Waals surface area (Å²) < 4.78 is 26.0. The summed E-state index contributed by atoms with van der Waals surface area (Å²) in [4.78, 5) is 22.6. The molecule has 1 amide bonds. The standard InChI is InChI=1S/C16H16F2N4O/c17-13-5-4-11(8-14(13)18)15(23)21-12-9-19-16(20-10-12)22-6-2-1-3-7-22/h4-5,8-10H,1-3,6-7H2,(H,21,23). The number of carbonyl (C=O) groups excluding carboxylic acids is 1. The summed E-state index contributed by atoms with van der Waals surface area (Å²) in [5, 5.41) is 2.56. The summed E-state index contributed by atoms with van der Waals surface area (Å²) in [6, 6.07) is 2.99. The minimum absolute atomic E-state index is 0.0315. The Morgan fingerprint density at radius 2 is 1.74 bits per heavy atom. The number of nitrogens with zero attached hydrogens (tertiary/aromatic N) is 3. The van der Waals surface area contributed by atoms with Crippen molar-refractivity contribution in [3.8, 4) is 0 Å². The third kappa shape index (κ3) is 3.61. The quantitative estimate of drug-likeness (QED) is 0.945. The first-order valence-corrected chi connectivity index (χ1v) is 7.47. The van der Waals surface area contributed by atoms with Crippen LogP contribution in [0.25, 0.3) is 0 Å². The highest BCUT2D eigenvalue weighted by Gasteiger charge is 2.14. The second-order valence-electron chi connectivity index (χ2n) is 5.40. The van der Waals surface area contributed by atoms with Crippen molar-refractivity contribution in [3.05, 3.63) is 47.8 Å². The van der Waals surface area contributed by atoms with E-state index in [-0.39, 0.29) is 5.56 Å². The van der Waals surface area contributed by atoms with Crippen molar-refractivity contribution in [2.24, 2.45) is 0 Å². The predicted molar refractivity (Wildman–Crippen MR) is 82.4 cm³/mol. The maximum atomic E-state index is 13.2. The number of benzene rings is 1. The Kier molecular flexibility index (Phi) is 4.45. The van der Waals surface area contributed by atoms with E-state index in [0.29, 0.717) is 11.6 Å². The molecule has 5 nitrogen and oxygen atoms in total. The monoisotopic (exact) mass is 318 g/mol. The highest BCUT2D eigenvalue weighted by molar-refractivity contribution is 6.04. The molecule has 0 saturated carbocycles. The highest BCUT2D eigenvalue weighted by atomic mass is 19.2. The van der Waals surface area contributed by atoms with E-state index in [9.17, 15) is 13.6 Å². The number of amides is 1. The van der Waals surface area contributed by atoms with Crippen LogP contribution in [0.15, 0.2) is 30.6 Å². The summed E-state index contributed by atoms with van der Waals surface area (Å²) in [6.45, 7) is 1.86. The van der Waals surface area contributed by atoms with Crippen molar-refractivity contribution < 1.29 is 13.6 Å². The third-order valence-electron chi connectivity index (χ3n) is 3.72. The van der Waals surface area contributed by atoms with Crippen molar-refractivity contribution in [1.82, 2.24) is 9.97 Å². The average Bonchev–Trinajstić information content (AvgIpc) is 2.59. The van der Waals surface area contributed by atoms with Gasteiger partial charge in [-0.2, -0.15) is 0 Å². The minimum atomic E-state index is -1.06. The van der Waals surface area contributed by atoms with Crippen LogP contribution in [0.5, 0.6) is 0 Å². The molecule has 0 bridgehead atoms. The lowest BCUT2D eigenvalue weighted by molar-refractivity contribution is 0.102. The lowest BCUT2D eigenvalue weighted by Gasteiger charge is -2.26. The molecule has 1 fully saturated rings. The number of carbonyl (C=O) groups is 1. The smallest absolute Gasteiger partial charge is 0.255 e. The van der Waals surface area contributed by atoms with E-state index < -0.39 is 17.5 Å². The SMILES string of the molecule is O=C(Nc1cnc(N2CCCCC2)nc1)c1ccc(F)c(F)c1. The van der Waals surface area contributed by atoms with E-state index in [0.717, 1.165) is 38.1 Å². The van der Waals surface area contributed by atoms with E-state index in [2.05, 4.69) is 20.2 Å². The van der Waals surface area contributed by atoms with Crippen LogP contribution in [-0.2, 0) is 0 Å². The molecular formula is C16H16F2N4O. The van der Waals surface area contributed by atoms with Crippen LogP contribution in [0.1, 0.15) is 29.6 Å². The number of anilines is 2. The van der Waals surface area contributed by atoms with Crippen LogP contribution in [-0.4, -0.2) is 29.0 Å². The zero-order valence-electron chi connectivity index (χ0n) is 12.4. The van der Waals surface area contributed by atoms with Crippen LogP contribution in [0.3, 0.4) is 0 Å². The Hall–Kier alpha value is -2.57. The molecular weight excluding hydrogens is 302 g/mol. The number of hydrogen-bond acceptors (Lipinski definition) is 4. The molecule has 1 aromatic heterocycles. The number of hydrogen-bond donors (Lipinski definition) is 1. The van der Waals surface area contributed by atoms with Gasteiger partial charge in [-0.05, 0) is 37.5 Å². The van der Waals surface area contributed by atoms with Crippen molar-refractivity contribution in [1.29, 1.82) is 0 Å². The van der Waals surface area contributed by atoms with E-state index in [1.165, 1.54) is 24.9 Å². The van der Waals surface area contributed by atoms with E-state index >= 15 is 0 Å². The molecule has 1 N–H and O–H groups in total. The lowest BCUT2D eigenvalue weighted by atomic mass is 10.1. The van der Waals surface area contributed by atoms with E-state index in [1.54, 1.807) is 0 Å². The Labute approximate surface area is 132 Å². The van der Waals surface area contributed by atoms with Crippen molar-refractivity contribution in [3.63, 3.8) is 0 Å². The second kappa shape index (κ2) is 6.68. The third-order valence-corrected chi connectivity index (χ3v) is 3.72. The van der Waals surface area contributed by atoms with Gasteiger partial charge in [0.1, 0.15) is 0 Å². The fraction of sp³-hybridized carbons (Fsp3) is 0.312. The van der Waals surface area contributed by atoms with Gasteiger partial charge in [0.05, 0.1) is 18.1 Å². The van der Waals surface area contributed by atoms with E-state index in [4.69, 9.17) is 0 Å². The second-order valence-corrected chi connectivity index (χ2v) is 5.40. The number of piperidine rings is 1. The molecule has 0 atom stereocenters. The largest absolute Gasteiger partial charge is 0.341 e. The molecule has 3 rings (SSSR count). The van der Waals surface area contributed by atoms with Gasteiger partial charge in [-0.1, -0.05) is 0 Å². The highest BCUT2D eigenvalue weighted by Crippen LogP contribution is 2.17. The van der Waals surface area contributed by atoms with Gasteiger partial charge in [0.2, 0.25) is 5.95 Å². The molecule has 1 aromatic carbocycles. The molecule has 120 valence electrons. The molecule has 1 aliphatic heterocycles. The summed E-state index contributed by atoms with van der Waals surface area (Å²) >= 11 is 0. The summed E-state index contributed by atoms with van der Waals surface area (Å²) in [5.74, 6) is -1.96. The van der Waals surface area contributed by atoms with Gasteiger partial charge in [0.25, 0.3) is 5.91 Å². The molecule has 1 saturated heterocycles. The Morgan fingerprint density at radius 3 is 2.39 bits per heavy atom. The predicted octanol–water partition coefficient (Wildman–Crippen LogP) is 3.00. The summed E-state index contributed by atoms with van der Waals surface area (Å²) in [6.07, 6.45) is 6.48. The van der Waals surface area contributed by atoms with Crippen LogP contribution < -0.4 is 10.2 Å². The van der Waals surface area contributed by atoms with E-state index in [1.807, 2.05) is 0 Å². The number of aromatic nitrogens is 2. The topological polar surface area (TPSA) is 58.1 Å². The lowest BCUT2D eigenvalue weighted by Crippen LogP contribution is -2.30. The average molecular weight is 318 g/mol. The molecule has 2 aromatic rings. The van der Waals surface area contributed by atoms with Gasteiger partial charge in [-0.3, -0.25) is 4.79 Å². The Bertz CT molecular complexity index is 700. The fourth-order valence-corrected chi connectivity index (χ4v) is 2.48. The van der Waals surface area contributed by atoms with Gasteiger partial charge in [0, 0.05) is 18.7 Å². The fourth-order valence-electron chi connectivity index (χ4n) is 2.48. The van der Waals surface area contributed by atoms with Gasteiger partial charge >= 0.3 is 0 Å². The van der Waals surface area contributed by atoms with Crippen LogP contribution >= 0.6 is 0 Å². The first kappa shape index (κ1) is 15.3. The van der Waals surface area contributed by atoms with Crippen LogP contribution in [0.2, 0.25) is 0 Å². The minimum Gasteiger partial charge on any atom is -0.341 e. The number of halogens is 2. The van der Waals surface area contributed by atoms with Gasteiger partial charge in [-0.15, -0.1) is 0 Å². The van der Waals surface area contributed by atoms with Gasteiger partial charge in [0.15, 0.2) is 11.6 Å². The maximum Gasteiger partial charge on any atom is 0.255 e. The molecule has 0 radical (unpaired) electrons. The molecule has 0 aliphatic carbocycles. The molecule has 1 aliphatic rings. The van der Waals surface area contributed by atoms with Gasteiger partial charge in [-0.25, -0.2) is 18.7 Å². The van der Waals surface area contributed by atoms with Crippen molar-refractivity contribution in [2.75, 3.05) is 23.3 Å². The zero-order chi connectivity index (χ0) is 16.2. The summed E-state index contributed by atoms with van der Waals surface area (Å²) in [5.41, 5.74) is 0.435. The molecule has 7 heteroatoms. The molecule has 2 heterocycles. The Balaban J connectivity index is 1.67. The molecule has 23 heavy (non-hydrogen) atoms. The molecule has 0 spiro atoms. The maximum absolute atomic E-state index is 13.2. The first-order chi connectivity index (χ1) is 11.1. The molecule has 0 unspecified atom stereocenters. The zero-order valence-corrected chi connectivity index (χ0v) is 12.4. The van der Waals surface area contributed by atoms with Crippen molar-refractivity contribution >= 4 is 17.5 Å². The first-order valence-electron chi connectivity index (χ1n) is 7.47. The normalized spacial score (nSPS) is 14.6. The van der Waals surface area contributed by atoms with Crippen LogP contribution in [0, 0.1) is 11.6 Å². The Morgan fingerprint density at radius 1 is 1.04 bits per heavy atom.